The van der Waals surface area contributed by atoms with E-state index in [2.05, 4.69) is 20.7 Å². The summed E-state index contributed by atoms with van der Waals surface area (Å²) >= 11 is 3.26. The Morgan fingerprint density at radius 2 is 2.11 bits per heavy atom. The second kappa shape index (κ2) is 7.08. The van der Waals surface area contributed by atoms with E-state index in [1.807, 2.05) is 0 Å². The fraction of sp³-hybridized carbons (Fsp3) is 0.455. The summed E-state index contributed by atoms with van der Waals surface area (Å²) < 4.78 is 32.1. The Bertz CT molecular complexity index is 491. The molecule has 0 fully saturated rings. The molecule has 0 spiro atoms. The fourth-order valence-electron chi connectivity index (χ4n) is 1.37. The molecule has 0 amide bonds. The van der Waals surface area contributed by atoms with Crippen molar-refractivity contribution < 1.29 is 13.2 Å². The molecule has 0 bridgehead atoms. The summed E-state index contributed by atoms with van der Waals surface area (Å²) in [6.45, 7) is 0.957. The number of hydrogen-bond donors (Lipinski definition) is 2. The van der Waals surface area contributed by atoms with E-state index in [1.165, 1.54) is 19.2 Å². The minimum atomic E-state index is -3.46. The summed E-state index contributed by atoms with van der Waals surface area (Å²) in [6.07, 6.45) is 1.53. The summed E-state index contributed by atoms with van der Waals surface area (Å²) in [5, 5.41) is 0. The van der Waals surface area contributed by atoms with Gasteiger partial charge in [-0.1, -0.05) is 0 Å². The minimum absolute atomic E-state index is 0.211. The molecular formula is C11H17BrN2O3S. The van der Waals surface area contributed by atoms with Crippen LogP contribution in [0.5, 0.6) is 5.75 Å². The maximum Gasteiger partial charge on any atom is 0.240 e. The maximum atomic E-state index is 11.9. The van der Waals surface area contributed by atoms with Crippen LogP contribution >= 0.6 is 15.9 Å². The lowest BCUT2D eigenvalue weighted by atomic mass is 10.3. The predicted octanol–water partition coefficient (Wildman–Crippen LogP) is 1.47. The number of methoxy groups -OCH3 is 1. The van der Waals surface area contributed by atoms with Crippen molar-refractivity contribution in [1.82, 2.24) is 4.72 Å². The first-order valence-corrected chi connectivity index (χ1v) is 7.82. The van der Waals surface area contributed by atoms with E-state index in [0.29, 0.717) is 23.3 Å². The number of nitrogens with two attached hydrogens (primary N) is 1. The summed E-state index contributed by atoms with van der Waals surface area (Å²) in [5.41, 5.74) is 5.34. The van der Waals surface area contributed by atoms with Gasteiger partial charge in [-0.05, 0) is 53.5 Å². The van der Waals surface area contributed by atoms with E-state index in [1.54, 1.807) is 6.07 Å². The molecule has 0 aliphatic rings. The summed E-state index contributed by atoms with van der Waals surface area (Å²) in [5.74, 6) is 0.595. The first-order chi connectivity index (χ1) is 8.51. The van der Waals surface area contributed by atoms with E-state index in [0.717, 1.165) is 12.8 Å². The van der Waals surface area contributed by atoms with E-state index in [4.69, 9.17) is 10.5 Å². The van der Waals surface area contributed by atoms with Gasteiger partial charge in [0.15, 0.2) is 0 Å². The van der Waals surface area contributed by atoms with Gasteiger partial charge in [0.1, 0.15) is 5.75 Å². The van der Waals surface area contributed by atoms with Crippen molar-refractivity contribution in [3.8, 4) is 5.75 Å². The highest BCUT2D eigenvalue weighted by Gasteiger charge is 2.14. The highest BCUT2D eigenvalue weighted by Crippen LogP contribution is 2.27. The van der Waals surface area contributed by atoms with Crippen molar-refractivity contribution >= 4 is 26.0 Å². The number of halogens is 1. The standard InChI is InChI=1S/C11H17BrN2O3S/c1-17-11-5-4-9(8-10(11)12)18(15,16)14-7-3-2-6-13/h4-5,8,14H,2-3,6-7,13H2,1H3. The maximum absolute atomic E-state index is 11.9. The van der Waals surface area contributed by atoms with Crippen LogP contribution in [0, 0.1) is 0 Å². The number of unbranched alkanes of at least 4 members (excludes halogenated alkanes) is 1. The molecule has 0 saturated carbocycles. The molecule has 0 atom stereocenters. The van der Waals surface area contributed by atoms with Crippen molar-refractivity contribution in [3.05, 3.63) is 22.7 Å². The van der Waals surface area contributed by atoms with Crippen LogP contribution in [-0.2, 0) is 10.0 Å². The Kier molecular flexibility index (Phi) is 6.07. The monoisotopic (exact) mass is 336 g/mol. The number of hydrogen-bond acceptors (Lipinski definition) is 4. The topological polar surface area (TPSA) is 81.4 Å². The zero-order valence-electron chi connectivity index (χ0n) is 10.1. The lowest BCUT2D eigenvalue weighted by Gasteiger charge is -2.08. The number of sulfonamides is 1. The third kappa shape index (κ3) is 4.24. The van der Waals surface area contributed by atoms with Crippen molar-refractivity contribution in [3.63, 3.8) is 0 Å². The number of ether oxygens (including phenoxy) is 1. The third-order valence-corrected chi connectivity index (χ3v) is 4.43. The molecule has 0 aliphatic carbocycles. The Hall–Kier alpha value is -0.630. The van der Waals surface area contributed by atoms with Crippen LogP contribution in [-0.4, -0.2) is 28.6 Å². The molecule has 1 aromatic carbocycles. The van der Waals surface area contributed by atoms with Gasteiger partial charge in [-0.3, -0.25) is 0 Å². The Morgan fingerprint density at radius 3 is 2.67 bits per heavy atom. The van der Waals surface area contributed by atoms with Gasteiger partial charge in [-0.25, -0.2) is 13.1 Å². The average Bonchev–Trinajstić information content (AvgIpc) is 2.34. The zero-order chi connectivity index (χ0) is 13.6. The molecule has 1 rings (SSSR count). The molecule has 1 aromatic rings. The minimum Gasteiger partial charge on any atom is -0.496 e. The van der Waals surface area contributed by atoms with Gasteiger partial charge in [-0.2, -0.15) is 0 Å². The van der Waals surface area contributed by atoms with Crippen molar-refractivity contribution in [2.45, 2.75) is 17.7 Å². The van der Waals surface area contributed by atoms with Crippen molar-refractivity contribution in [2.24, 2.45) is 5.73 Å². The molecule has 0 saturated heterocycles. The molecule has 3 N–H and O–H groups in total. The second-order valence-electron chi connectivity index (χ2n) is 3.69. The highest BCUT2D eigenvalue weighted by atomic mass is 79.9. The molecule has 7 heteroatoms. The average molecular weight is 337 g/mol. The van der Waals surface area contributed by atoms with Crippen LogP contribution in [0.3, 0.4) is 0 Å². The van der Waals surface area contributed by atoms with Crippen LogP contribution in [0.1, 0.15) is 12.8 Å². The number of benzene rings is 1. The van der Waals surface area contributed by atoms with Crippen LogP contribution in [0.25, 0.3) is 0 Å². The molecule has 5 nitrogen and oxygen atoms in total. The van der Waals surface area contributed by atoms with Crippen LogP contribution in [0.15, 0.2) is 27.6 Å². The third-order valence-electron chi connectivity index (χ3n) is 2.36. The van der Waals surface area contributed by atoms with Crippen LogP contribution in [0.4, 0.5) is 0 Å². The Morgan fingerprint density at radius 1 is 1.39 bits per heavy atom. The van der Waals surface area contributed by atoms with Gasteiger partial charge in [0.05, 0.1) is 16.5 Å². The van der Waals surface area contributed by atoms with E-state index in [9.17, 15) is 8.42 Å². The quantitative estimate of drug-likeness (QED) is 0.739. The van der Waals surface area contributed by atoms with Gasteiger partial charge in [0.25, 0.3) is 0 Å². The smallest absolute Gasteiger partial charge is 0.240 e. The Balaban J connectivity index is 2.76. The number of nitrogens with one attached hydrogen (secondary N) is 1. The molecule has 0 unspecified atom stereocenters. The molecule has 0 radical (unpaired) electrons. The largest absolute Gasteiger partial charge is 0.496 e. The lowest BCUT2D eigenvalue weighted by Crippen LogP contribution is -2.25. The summed E-state index contributed by atoms with van der Waals surface area (Å²) in [4.78, 5) is 0.211. The summed E-state index contributed by atoms with van der Waals surface area (Å²) in [6, 6.07) is 4.64. The first-order valence-electron chi connectivity index (χ1n) is 5.54. The normalized spacial score (nSPS) is 11.5. The number of rotatable bonds is 7. The van der Waals surface area contributed by atoms with E-state index >= 15 is 0 Å². The molecular weight excluding hydrogens is 320 g/mol. The van der Waals surface area contributed by atoms with Crippen molar-refractivity contribution in [2.75, 3.05) is 20.2 Å². The van der Waals surface area contributed by atoms with Crippen molar-refractivity contribution in [1.29, 1.82) is 0 Å². The molecule has 0 heterocycles. The highest BCUT2D eigenvalue weighted by molar-refractivity contribution is 9.10. The van der Waals surface area contributed by atoms with Gasteiger partial charge >= 0.3 is 0 Å². The van der Waals surface area contributed by atoms with Crippen LogP contribution in [0.2, 0.25) is 0 Å². The molecule has 102 valence electrons. The molecule has 0 aromatic heterocycles. The SMILES string of the molecule is COc1ccc(S(=O)(=O)NCCCCN)cc1Br. The zero-order valence-corrected chi connectivity index (χ0v) is 12.6. The Labute approximate surface area is 116 Å². The lowest BCUT2D eigenvalue weighted by molar-refractivity contribution is 0.411. The first kappa shape index (κ1) is 15.4. The summed E-state index contributed by atoms with van der Waals surface area (Å²) in [7, 11) is -1.94. The second-order valence-corrected chi connectivity index (χ2v) is 6.31. The van der Waals surface area contributed by atoms with Gasteiger partial charge < -0.3 is 10.5 Å². The molecule has 18 heavy (non-hydrogen) atoms. The van der Waals surface area contributed by atoms with Gasteiger partial charge in [-0.15, -0.1) is 0 Å². The van der Waals surface area contributed by atoms with Crippen LogP contribution < -0.4 is 15.2 Å². The van der Waals surface area contributed by atoms with Gasteiger partial charge in [0.2, 0.25) is 10.0 Å². The van der Waals surface area contributed by atoms with E-state index in [-0.39, 0.29) is 4.90 Å². The predicted molar refractivity (Wildman–Crippen MR) is 74.2 cm³/mol. The molecule has 0 aliphatic heterocycles. The fourth-order valence-corrected chi connectivity index (χ4v) is 3.17. The van der Waals surface area contributed by atoms with E-state index < -0.39 is 10.0 Å². The van der Waals surface area contributed by atoms with Gasteiger partial charge in [0, 0.05) is 6.54 Å².